The number of pyridine rings is 1. The van der Waals surface area contributed by atoms with Gasteiger partial charge in [-0.1, -0.05) is 37.3 Å². The van der Waals surface area contributed by atoms with Crippen LogP contribution in [0, 0.1) is 10.1 Å². The molecule has 136 valence electrons. The number of carboxylic acids is 1. The van der Waals surface area contributed by atoms with E-state index in [-0.39, 0.29) is 17.8 Å². The summed E-state index contributed by atoms with van der Waals surface area (Å²) in [6, 6.07) is 15.5. The van der Waals surface area contributed by atoms with Gasteiger partial charge in [-0.15, -0.1) is 0 Å². The van der Waals surface area contributed by atoms with Crippen LogP contribution >= 0.6 is 0 Å². The van der Waals surface area contributed by atoms with Crippen molar-refractivity contribution in [1.29, 1.82) is 0 Å². The molecule has 2 aromatic carbocycles. The average Bonchev–Trinajstić information content (AvgIpc) is 2.67. The van der Waals surface area contributed by atoms with E-state index in [1.54, 1.807) is 55.5 Å². The number of benzene rings is 2. The van der Waals surface area contributed by atoms with Crippen LogP contribution in [-0.2, 0) is 0 Å². The van der Waals surface area contributed by atoms with Crippen molar-refractivity contribution in [2.75, 3.05) is 5.43 Å². The topological polar surface area (TPSA) is 118 Å². The fourth-order valence-electron chi connectivity index (χ4n) is 2.59. The number of aromatic nitrogens is 1. The van der Waals surface area contributed by atoms with Gasteiger partial charge >= 0.3 is 11.8 Å². The van der Waals surface area contributed by atoms with E-state index in [1.165, 1.54) is 6.07 Å². The monoisotopic (exact) mass is 364 g/mol. The molecule has 27 heavy (non-hydrogen) atoms. The molecule has 8 nitrogen and oxygen atoms in total. The number of hydrazone groups is 1. The number of fused-ring (bicyclic) bond motifs is 1. The lowest BCUT2D eigenvalue weighted by molar-refractivity contribution is -0.353. The lowest BCUT2D eigenvalue weighted by Crippen LogP contribution is -2.12. The van der Waals surface area contributed by atoms with Crippen LogP contribution in [-0.4, -0.2) is 26.8 Å². The highest BCUT2D eigenvalue weighted by molar-refractivity contribution is 6.03. The smallest absolute Gasteiger partial charge is 0.363 e. The van der Waals surface area contributed by atoms with E-state index in [2.05, 4.69) is 15.5 Å². The van der Waals surface area contributed by atoms with E-state index >= 15 is 0 Å². The lowest BCUT2D eigenvalue weighted by Gasteiger charge is -2.07. The summed E-state index contributed by atoms with van der Waals surface area (Å²) in [7, 11) is 0. The number of carbonyl (C=O) groups is 1. The Kier molecular flexibility index (Phi) is 5.07. The van der Waals surface area contributed by atoms with Crippen molar-refractivity contribution in [2.24, 2.45) is 5.10 Å². The Morgan fingerprint density at radius 3 is 2.56 bits per heavy atom. The number of aromatic carboxylic acids is 1. The molecule has 0 unspecified atom stereocenters. The Labute approximate surface area is 154 Å². The maximum absolute atomic E-state index is 11.6. The summed E-state index contributed by atoms with van der Waals surface area (Å²) in [6.45, 7) is 1.65. The number of anilines is 1. The van der Waals surface area contributed by atoms with Crippen LogP contribution in [0.4, 0.5) is 5.69 Å². The van der Waals surface area contributed by atoms with Crippen molar-refractivity contribution >= 4 is 28.4 Å². The summed E-state index contributed by atoms with van der Waals surface area (Å²) in [5.74, 6) is -1.18. The molecule has 0 spiro atoms. The highest BCUT2D eigenvalue weighted by Gasteiger charge is 2.13. The van der Waals surface area contributed by atoms with Gasteiger partial charge < -0.3 is 15.2 Å². The molecule has 0 aliphatic rings. The normalized spacial score (nSPS) is 11.4. The molecule has 3 rings (SSSR count). The number of hydrogen-bond donors (Lipinski definition) is 2. The van der Waals surface area contributed by atoms with E-state index < -0.39 is 10.9 Å². The minimum Gasteiger partial charge on any atom is -0.478 e. The standard InChI is InChI=1S/C19H16N4O4/c1-2-18(23(26)27)22-21-13-9-7-12(8-10-13)17-11-15(19(24)25)14-5-3-4-6-16(14)20-17/h3-11,21H,2H2,1H3,(H,24,25)/b22-18+. The zero-order valence-electron chi connectivity index (χ0n) is 14.4. The summed E-state index contributed by atoms with van der Waals surface area (Å²) in [4.78, 5) is 26.3. The molecule has 0 saturated carbocycles. The third-order valence-electron chi connectivity index (χ3n) is 3.97. The van der Waals surface area contributed by atoms with Crippen LogP contribution in [0.5, 0.6) is 0 Å². The van der Waals surface area contributed by atoms with E-state index in [0.717, 1.165) is 5.56 Å². The van der Waals surface area contributed by atoms with E-state index in [1.807, 2.05) is 0 Å². The zero-order chi connectivity index (χ0) is 19.4. The van der Waals surface area contributed by atoms with Gasteiger partial charge in [0.15, 0.2) is 0 Å². The van der Waals surface area contributed by atoms with Gasteiger partial charge in [0.2, 0.25) is 0 Å². The van der Waals surface area contributed by atoms with E-state index in [9.17, 15) is 20.0 Å². The first-order chi connectivity index (χ1) is 13.0. The molecule has 1 aromatic heterocycles. The van der Waals surface area contributed by atoms with Crippen LogP contribution in [0.15, 0.2) is 59.7 Å². The number of nitro groups is 1. The molecule has 0 saturated heterocycles. The Morgan fingerprint density at radius 1 is 1.22 bits per heavy atom. The lowest BCUT2D eigenvalue weighted by atomic mass is 10.0. The molecule has 0 radical (unpaired) electrons. The number of nitrogens with zero attached hydrogens (tertiary/aromatic N) is 3. The van der Waals surface area contributed by atoms with Crippen LogP contribution in [0.1, 0.15) is 23.7 Å². The van der Waals surface area contributed by atoms with Crippen molar-refractivity contribution < 1.29 is 14.8 Å². The molecule has 0 bridgehead atoms. The van der Waals surface area contributed by atoms with Crippen molar-refractivity contribution in [3.8, 4) is 11.3 Å². The third kappa shape index (κ3) is 3.90. The minimum atomic E-state index is -1.02. The van der Waals surface area contributed by atoms with Crippen molar-refractivity contribution in [3.05, 3.63) is 70.3 Å². The van der Waals surface area contributed by atoms with Crippen molar-refractivity contribution in [1.82, 2.24) is 4.98 Å². The average molecular weight is 364 g/mol. The van der Waals surface area contributed by atoms with Gasteiger partial charge in [-0.05, 0) is 29.2 Å². The largest absolute Gasteiger partial charge is 0.478 e. The summed E-state index contributed by atoms with van der Waals surface area (Å²) < 4.78 is 0. The van der Waals surface area contributed by atoms with Gasteiger partial charge in [0.25, 0.3) is 0 Å². The van der Waals surface area contributed by atoms with Crippen molar-refractivity contribution in [2.45, 2.75) is 13.3 Å². The predicted octanol–water partition coefficient (Wildman–Crippen LogP) is 4.01. The Bertz CT molecular complexity index is 1050. The zero-order valence-corrected chi connectivity index (χ0v) is 14.4. The number of para-hydroxylation sites is 1. The fourth-order valence-corrected chi connectivity index (χ4v) is 2.59. The van der Waals surface area contributed by atoms with Crippen LogP contribution in [0.3, 0.4) is 0 Å². The second kappa shape index (κ2) is 7.61. The third-order valence-corrected chi connectivity index (χ3v) is 3.97. The highest BCUT2D eigenvalue weighted by Crippen LogP contribution is 2.26. The van der Waals surface area contributed by atoms with E-state index in [0.29, 0.717) is 22.3 Å². The van der Waals surface area contributed by atoms with Gasteiger partial charge in [0, 0.05) is 10.9 Å². The van der Waals surface area contributed by atoms with Gasteiger partial charge in [0.1, 0.15) is 0 Å². The number of nitrogens with one attached hydrogen (secondary N) is 1. The molecule has 2 N–H and O–H groups in total. The Morgan fingerprint density at radius 2 is 1.93 bits per heavy atom. The number of rotatable bonds is 5. The predicted molar refractivity (Wildman–Crippen MR) is 102 cm³/mol. The first kappa shape index (κ1) is 18.0. The maximum atomic E-state index is 11.6. The Balaban J connectivity index is 1.93. The van der Waals surface area contributed by atoms with Gasteiger partial charge in [-0.25, -0.2) is 9.78 Å². The second-order valence-corrected chi connectivity index (χ2v) is 5.71. The molecule has 0 aliphatic carbocycles. The van der Waals surface area contributed by atoms with Gasteiger partial charge in [-0.2, -0.15) is 5.43 Å². The van der Waals surface area contributed by atoms with Crippen molar-refractivity contribution in [3.63, 3.8) is 0 Å². The van der Waals surface area contributed by atoms with Gasteiger partial charge in [0.05, 0.1) is 34.0 Å². The summed E-state index contributed by atoms with van der Waals surface area (Å²) in [6.07, 6.45) is 0.205. The minimum absolute atomic E-state index is 0.165. The molecule has 8 heteroatoms. The summed E-state index contributed by atoms with van der Waals surface area (Å²) in [5.41, 5.74) is 5.25. The van der Waals surface area contributed by atoms with Crippen LogP contribution < -0.4 is 5.43 Å². The first-order valence-corrected chi connectivity index (χ1v) is 8.20. The van der Waals surface area contributed by atoms with Gasteiger partial charge in [-0.3, -0.25) is 0 Å². The SMILES string of the molecule is CC/C(=N\Nc1ccc(-c2cc(C(=O)O)c3ccccc3n2)cc1)[N+](=O)[O-]. The maximum Gasteiger partial charge on any atom is 0.363 e. The van der Waals surface area contributed by atoms with Crippen LogP contribution in [0.25, 0.3) is 22.2 Å². The molecule has 0 fully saturated rings. The number of hydrogen-bond acceptors (Lipinski definition) is 6. The second-order valence-electron chi connectivity index (χ2n) is 5.71. The molecule has 0 amide bonds. The summed E-state index contributed by atoms with van der Waals surface area (Å²) in [5, 5.41) is 24.6. The number of amidine groups is 1. The first-order valence-electron chi connectivity index (χ1n) is 8.20. The summed E-state index contributed by atoms with van der Waals surface area (Å²) >= 11 is 0. The molecule has 0 atom stereocenters. The fraction of sp³-hybridized carbons (Fsp3) is 0.105. The molecule has 0 aliphatic heterocycles. The molecule has 1 heterocycles. The molecular weight excluding hydrogens is 348 g/mol. The highest BCUT2D eigenvalue weighted by atomic mass is 16.6. The number of carboxylic acid groups (broad SMARTS) is 1. The van der Waals surface area contributed by atoms with Crippen LogP contribution in [0.2, 0.25) is 0 Å². The quantitative estimate of drug-likeness (QED) is 0.306. The molecular formula is C19H16N4O4. The Hall–Kier alpha value is -3.81. The van der Waals surface area contributed by atoms with E-state index in [4.69, 9.17) is 0 Å². The molecule has 3 aromatic rings.